The molecule has 0 saturated heterocycles. The molecule has 0 radical (unpaired) electrons. The van der Waals surface area contributed by atoms with Crippen molar-refractivity contribution >= 4 is 10.9 Å². The third kappa shape index (κ3) is 2.65. The molecule has 2 heterocycles. The Kier molecular flexibility index (Phi) is 4.17. The molecular formula is C17H22FN3. The number of likely N-dealkylation sites (N-methyl/N-ethyl adjacent to an activating group) is 1. The third-order valence-corrected chi connectivity index (χ3v) is 4.32. The Hall–Kier alpha value is -1.52. The van der Waals surface area contributed by atoms with Crippen LogP contribution in [0.4, 0.5) is 4.39 Å². The Morgan fingerprint density at radius 1 is 1.33 bits per heavy atom. The van der Waals surface area contributed by atoms with Gasteiger partial charge in [0.05, 0.1) is 0 Å². The average Bonchev–Trinajstić information content (AvgIpc) is 2.52. The first kappa shape index (κ1) is 14.4. The van der Waals surface area contributed by atoms with Crippen LogP contribution in [0.15, 0.2) is 18.2 Å². The number of fused-ring (bicyclic) bond motifs is 2. The molecule has 0 unspecified atom stereocenters. The van der Waals surface area contributed by atoms with E-state index in [-0.39, 0.29) is 5.82 Å². The minimum absolute atomic E-state index is 0.217. The van der Waals surface area contributed by atoms with Crippen LogP contribution in [0, 0.1) is 5.82 Å². The number of hydrogen-bond donors (Lipinski definition) is 1. The van der Waals surface area contributed by atoms with E-state index in [1.54, 1.807) is 6.07 Å². The highest BCUT2D eigenvalue weighted by Gasteiger charge is 2.22. The molecule has 21 heavy (non-hydrogen) atoms. The Bertz CT molecular complexity index is 654. The van der Waals surface area contributed by atoms with Crippen molar-refractivity contribution in [3.63, 3.8) is 0 Å². The predicted molar refractivity (Wildman–Crippen MR) is 83.7 cm³/mol. The molecule has 1 aliphatic rings. The first-order valence-electron chi connectivity index (χ1n) is 7.76. The highest BCUT2D eigenvalue weighted by Crippen LogP contribution is 2.29. The minimum Gasteiger partial charge on any atom is -0.313 e. The number of pyridine rings is 1. The number of aromatic nitrogens is 1. The van der Waals surface area contributed by atoms with Crippen molar-refractivity contribution in [2.75, 3.05) is 19.6 Å². The van der Waals surface area contributed by atoms with Crippen LogP contribution in [-0.2, 0) is 19.5 Å². The van der Waals surface area contributed by atoms with E-state index in [1.165, 1.54) is 17.2 Å². The maximum Gasteiger partial charge on any atom is 0.149 e. The van der Waals surface area contributed by atoms with Gasteiger partial charge in [-0.1, -0.05) is 26.0 Å². The van der Waals surface area contributed by atoms with Crippen LogP contribution >= 0.6 is 0 Å². The fourth-order valence-corrected chi connectivity index (χ4v) is 3.09. The van der Waals surface area contributed by atoms with Gasteiger partial charge in [-0.3, -0.25) is 4.90 Å². The Morgan fingerprint density at radius 3 is 2.95 bits per heavy atom. The van der Waals surface area contributed by atoms with Gasteiger partial charge in [-0.15, -0.1) is 0 Å². The second-order valence-electron chi connectivity index (χ2n) is 5.55. The average molecular weight is 287 g/mol. The van der Waals surface area contributed by atoms with Crippen molar-refractivity contribution in [1.29, 1.82) is 0 Å². The van der Waals surface area contributed by atoms with Gasteiger partial charge in [0.25, 0.3) is 0 Å². The predicted octanol–water partition coefficient (Wildman–Crippen LogP) is 2.86. The number of hydrogen-bond acceptors (Lipinski definition) is 3. The van der Waals surface area contributed by atoms with Gasteiger partial charge in [-0.25, -0.2) is 9.37 Å². The maximum absolute atomic E-state index is 14.1. The normalized spacial score (nSPS) is 15.4. The topological polar surface area (TPSA) is 28.2 Å². The number of nitrogens with one attached hydrogen (secondary N) is 1. The lowest BCUT2D eigenvalue weighted by molar-refractivity contribution is 0.265. The van der Waals surface area contributed by atoms with Crippen molar-refractivity contribution < 1.29 is 4.39 Å². The van der Waals surface area contributed by atoms with Gasteiger partial charge in [0.15, 0.2) is 0 Å². The van der Waals surface area contributed by atoms with Crippen LogP contribution in [0.5, 0.6) is 0 Å². The molecule has 0 fully saturated rings. The largest absolute Gasteiger partial charge is 0.313 e. The lowest BCUT2D eigenvalue weighted by Crippen LogP contribution is -2.32. The summed E-state index contributed by atoms with van der Waals surface area (Å²) >= 11 is 0. The molecular weight excluding hydrogens is 265 g/mol. The fraction of sp³-hybridized carbons (Fsp3) is 0.471. The standard InChI is InChI=1S/C17H22FN3/c1-3-19-10-13-12-6-5-7-15(18)17(12)20-16-8-9-21(4-2)11-14(13)16/h5-7,19H,3-4,8-11H2,1-2H3. The highest BCUT2D eigenvalue weighted by molar-refractivity contribution is 5.84. The Morgan fingerprint density at radius 2 is 2.19 bits per heavy atom. The molecule has 112 valence electrons. The zero-order valence-corrected chi connectivity index (χ0v) is 12.7. The highest BCUT2D eigenvalue weighted by atomic mass is 19.1. The van der Waals surface area contributed by atoms with Gasteiger partial charge in [0, 0.05) is 37.1 Å². The number of halogens is 1. The lowest BCUT2D eigenvalue weighted by atomic mass is 9.95. The molecule has 3 rings (SSSR count). The summed E-state index contributed by atoms with van der Waals surface area (Å²) in [6.45, 7) is 8.94. The zero-order valence-electron chi connectivity index (χ0n) is 12.7. The van der Waals surface area contributed by atoms with E-state index in [1.807, 2.05) is 6.07 Å². The van der Waals surface area contributed by atoms with E-state index in [9.17, 15) is 4.39 Å². The Balaban J connectivity index is 2.18. The molecule has 2 aromatic rings. The molecule has 1 aromatic carbocycles. The zero-order chi connectivity index (χ0) is 14.8. The Labute approximate surface area is 125 Å². The van der Waals surface area contributed by atoms with Crippen LogP contribution in [0.25, 0.3) is 10.9 Å². The lowest BCUT2D eigenvalue weighted by Gasteiger charge is -2.29. The monoisotopic (exact) mass is 287 g/mol. The van der Waals surface area contributed by atoms with Gasteiger partial charge in [0.2, 0.25) is 0 Å². The first-order chi connectivity index (χ1) is 10.2. The van der Waals surface area contributed by atoms with Gasteiger partial charge < -0.3 is 5.32 Å². The van der Waals surface area contributed by atoms with Gasteiger partial charge in [0.1, 0.15) is 11.3 Å². The quantitative estimate of drug-likeness (QED) is 0.937. The van der Waals surface area contributed by atoms with Crippen LogP contribution in [0.1, 0.15) is 30.7 Å². The van der Waals surface area contributed by atoms with Crippen LogP contribution in [-0.4, -0.2) is 29.5 Å². The fourth-order valence-electron chi connectivity index (χ4n) is 3.09. The molecule has 1 N–H and O–H groups in total. The van der Waals surface area contributed by atoms with Crippen molar-refractivity contribution in [3.05, 3.63) is 40.8 Å². The summed E-state index contributed by atoms with van der Waals surface area (Å²) in [5, 5.41) is 4.34. The minimum atomic E-state index is -0.217. The van der Waals surface area contributed by atoms with Crippen LogP contribution in [0.3, 0.4) is 0 Å². The molecule has 0 aliphatic carbocycles. The number of benzene rings is 1. The summed E-state index contributed by atoms with van der Waals surface area (Å²) in [5.74, 6) is -0.217. The maximum atomic E-state index is 14.1. The number of rotatable bonds is 4. The summed E-state index contributed by atoms with van der Waals surface area (Å²) in [5.41, 5.74) is 4.11. The van der Waals surface area contributed by atoms with E-state index in [0.29, 0.717) is 5.52 Å². The molecule has 4 heteroatoms. The second kappa shape index (κ2) is 6.08. The van der Waals surface area contributed by atoms with Crippen molar-refractivity contribution in [2.24, 2.45) is 0 Å². The molecule has 1 aliphatic heterocycles. The molecule has 3 nitrogen and oxygen atoms in total. The smallest absolute Gasteiger partial charge is 0.149 e. The molecule has 0 amide bonds. The number of nitrogens with zero attached hydrogens (tertiary/aromatic N) is 2. The van der Waals surface area contributed by atoms with E-state index in [2.05, 4.69) is 29.0 Å². The van der Waals surface area contributed by atoms with Crippen LogP contribution in [0.2, 0.25) is 0 Å². The van der Waals surface area contributed by atoms with Crippen LogP contribution < -0.4 is 5.32 Å². The molecule has 1 aromatic heterocycles. The second-order valence-corrected chi connectivity index (χ2v) is 5.55. The summed E-state index contributed by atoms with van der Waals surface area (Å²) < 4.78 is 14.1. The molecule has 0 spiro atoms. The van der Waals surface area contributed by atoms with Gasteiger partial charge in [-0.2, -0.15) is 0 Å². The van der Waals surface area contributed by atoms with E-state index in [0.717, 1.165) is 50.2 Å². The van der Waals surface area contributed by atoms with E-state index >= 15 is 0 Å². The summed E-state index contributed by atoms with van der Waals surface area (Å²) in [7, 11) is 0. The summed E-state index contributed by atoms with van der Waals surface area (Å²) in [4.78, 5) is 7.04. The van der Waals surface area contributed by atoms with Gasteiger partial charge >= 0.3 is 0 Å². The molecule has 0 atom stereocenters. The van der Waals surface area contributed by atoms with Crippen molar-refractivity contribution in [3.8, 4) is 0 Å². The molecule has 0 saturated carbocycles. The number of para-hydroxylation sites is 1. The summed E-state index contributed by atoms with van der Waals surface area (Å²) in [6, 6.07) is 5.27. The van der Waals surface area contributed by atoms with Crippen molar-refractivity contribution in [2.45, 2.75) is 33.4 Å². The molecule has 0 bridgehead atoms. The van der Waals surface area contributed by atoms with E-state index < -0.39 is 0 Å². The SMILES string of the molecule is CCNCc1c2c(nc3c(F)cccc13)CCN(CC)C2. The van der Waals surface area contributed by atoms with Crippen molar-refractivity contribution in [1.82, 2.24) is 15.2 Å². The third-order valence-electron chi connectivity index (χ3n) is 4.32. The van der Waals surface area contributed by atoms with Gasteiger partial charge in [-0.05, 0) is 30.3 Å². The first-order valence-corrected chi connectivity index (χ1v) is 7.76. The summed E-state index contributed by atoms with van der Waals surface area (Å²) in [6.07, 6.45) is 0.909. The van der Waals surface area contributed by atoms with E-state index in [4.69, 9.17) is 0 Å².